The molecular formula is C18H21N7O4. The predicted molar refractivity (Wildman–Crippen MR) is 102 cm³/mol. The third kappa shape index (κ3) is 3.80. The third-order valence-corrected chi connectivity index (χ3v) is 4.73. The first-order valence-electron chi connectivity index (χ1n) is 9.12. The highest BCUT2D eigenvalue weighted by Crippen LogP contribution is 2.32. The zero-order valence-corrected chi connectivity index (χ0v) is 15.4. The van der Waals surface area contributed by atoms with Gasteiger partial charge in [0.25, 0.3) is 5.95 Å². The number of hydrogen-bond donors (Lipinski definition) is 4. The van der Waals surface area contributed by atoms with Crippen LogP contribution in [0.4, 0.5) is 11.8 Å². The molecule has 0 spiro atoms. The number of fused-ring (bicyclic) bond motifs is 1. The summed E-state index contributed by atoms with van der Waals surface area (Å²) in [5, 5.41) is 37.7. The lowest BCUT2D eigenvalue weighted by molar-refractivity contribution is -0.0511. The van der Waals surface area contributed by atoms with E-state index in [2.05, 4.69) is 25.2 Å². The van der Waals surface area contributed by atoms with E-state index in [-0.39, 0.29) is 17.4 Å². The van der Waals surface area contributed by atoms with Gasteiger partial charge in [-0.3, -0.25) is 4.57 Å². The van der Waals surface area contributed by atoms with Gasteiger partial charge in [0.1, 0.15) is 23.8 Å². The van der Waals surface area contributed by atoms with Crippen molar-refractivity contribution in [2.24, 2.45) is 10.2 Å². The first-order valence-corrected chi connectivity index (χ1v) is 9.12. The molecule has 1 aliphatic rings. The molecule has 0 radical (unpaired) electrons. The zero-order chi connectivity index (χ0) is 20.4. The van der Waals surface area contributed by atoms with Gasteiger partial charge in [0.05, 0.1) is 19.5 Å². The minimum atomic E-state index is -1.27. The fourth-order valence-corrected chi connectivity index (χ4v) is 3.20. The number of azo groups is 1. The smallest absolute Gasteiger partial charge is 0.272 e. The van der Waals surface area contributed by atoms with Crippen molar-refractivity contribution in [2.75, 3.05) is 18.9 Å². The Kier molecular flexibility index (Phi) is 5.45. The van der Waals surface area contributed by atoms with E-state index < -0.39 is 31.1 Å². The lowest BCUT2D eigenvalue weighted by atomic mass is 10.1. The van der Waals surface area contributed by atoms with Gasteiger partial charge in [0.2, 0.25) is 0 Å². The van der Waals surface area contributed by atoms with Gasteiger partial charge in [-0.15, -0.1) is 5.11 Å². The molecule has 1 unspecified atom stereocenters. The van der Waals surface area contributed by atoms with E-state index in [1.165, 1.54) is 10.9 Å². The molecule has 1 aliphatic heterocycles. The normalized spacial score (nSPS) is 24.7. The number of benzene rings is 1. The summed E-state index contributed by atoms with van der Waals surface area (Å²) in [6.45, 7) is 0.0265. The van der Waals surface area contributed by atoms with Crippen molar-refractivity contribution in [1.29, 1.82) is 0 Å². The van der Waals surface area contributed by atoms with E-state index in [9.17, 15) is 15.3 Å². The molecule has 29 heavy (non-hydrogen) atoms. The number of nitrogens with two attached hydrogens (primary N) is 1. The highest BCUT2D eigenvalue weighted by Gasteiger charge is 2.44. The van der Waals surface area contributed by atoms with Crippen LogP contribution in [0.15, 0.2) is 46.9 Å². The number of nitrogen functional groups attached to an aromatic ring is 1. The van der Waals surface area contributed by atoms with Gasteiger partial charge in [-0.05, 0) is 12.0 Å². The molecule has 1 fully saturated rings. The molecule has 11 heteroatoms. The van der Waals surface area contributed by atoms with E-state index in [1.54, 1.807) is 0 Å². The van der Waals surface area contributed by atoms with Crippen LogP contribution in [0, 0.1) is 0 Å². The fourth-order valence-electron chi connectivity index (χ4n) is 3.20. The first-order chi connectivity index (χ1) is 14.1. The first kappa shape index (κ1) is 19.3. The Morgan fingerprint density at radius 3 is 2.66 bits per heavy atom. The lowest BCUT2D eigenvalue weighted by Gasteiger charge is -2.16. The summed E-state index contributed by atoms with van der Waals surface area (Å²) in [5.74, 6) is 0.161. The molecule has 0 amide bonds. The van der Waals surface area contributed by atoms with Gasteiger partial charge in [0.15, 0.2) is 17.7 Å². The lowest BCUT2D eigenvalue weighted by Crippen LogP contribution is -2.33. The van der Waals surface area contributed by atoms with E-state index in [0.29, 0.717) is 12.1 Å². The second kappa shape index (κ2) is 8.17. The van der Waals surface area contributed by atoms with Crippen molar-refractivity contribution in [3.63, 3.8) is 0 Å². The van der Waals surface area contributed by atoms with Crippen molar-refractivity contribution in [2.45, 2.75) is 31.0 Å². The Bertz CT molecular complexity index is 1010. The van der Waals surface area contributed by atoms with Crippen molar-refractivity contribution < 1.29 is 20.1 Å². The fraction of sp³-hybridized carbons (Fsp3) is 0.389. The number of anilines is 1. The SMILES string of the molecule is Nc1nc(N=NCCc2ccccc2)nc2c1ncn2C1O[C@H](CO)[C@@H](O)[C@H]1O. The number of nitrogens with zero attached hydrogens (tertiary/aromatic N) is 6. The molecule has 152 valence electrons. The van der Waals surface area contributed by atoms with Crippen LogP contribution in [0.2, 0.25) is 0 Å². The van der Waals surface area contributed by atoms with Gasteiger partial charge in [-0.1, -0.05) is 30.3 Å². The number of ether oxygens (including phenoxy) is 1. The molecule has 4 rings (SSSR count). The van der Waals surface area contributed by atoms with E-state index in [1.807, 2.05) is 30.3 Å². The molecule has 5 N–H and O–H groups in total. The summed E-state index contributed by atoms with van der Waals surface area (Å²) in [6.07, 6.45) is -2.29. The van der Waals surface area contributed by atoms with E-state index in [0.717, 1.165) is 12.0 Å². The average Bonchev–Trinajstić information content (AvgIpc) is 3.28. The van der Waals surface area contributed by atoms with Crippen molar-refractivity contribution >= 4 is 22.9 Å². The largest absolute Gasteiger partial charge is 0.394 e. The molecule has 4 atom stereocenters. The van der Waals surface area contributed by atoms with Crippen LogP contribution in [-0.2, 0) is 11.2 Å². The molecular weight excluding hydrogens is 378 g/mol. The average molecular weight is 399 g/mol. The number of rotatable bonds is 6. The Hall–Kier alpha value is -2.99. The number of hydrogen-bond acceptors (Lipinski definition) is 10. The zero-order valence-electron chi connectivity index (χ0n) is 15.4. The molecule has 3 aromatic rings. The summed E-state index contributed by atoms with van der Waals surface area (Å²) < 4.78 is 6.96. The molecule has 11 nitrogen and oxygen atoms in total. The molecule has 0 bridgehead atoms. The topological polar surface area (TPSA) is 164 Å². The minimum Gasteiger partial charge on any atom is -0.394 e. The maximum absolute atomic E-state index is 10.3. The third-order valence-electron chi connectivity index (χ3n) is 4.73. The summed E-state index contributed by atoms with van der Waals surface area (Å²) in [4.78, 5) is 12.6. The van der Waals surface area contributed by atoms with Gasteiger partial charge >= 0.3 is 0 Å². The van der Waals surface area contributed by atoms with Crippen molar-refractivity contribution in [3.05, 3.63) is 42.2 Å². The standard InChI is InChI=1S/C18H21N7O4/c19-15-12-16(25(9-20-12)17-14(28)13(27)11(8-26)29-17)23-18(22-15)24-21-7-6-10-4-2-1-3-5-10/h1-5,9,11,13-14,17,26-28H,6-8H2,(H2,19,22,23)/t11-,13-,14-,17?/m1/s1. The molecule has 2 aromatic heterocycles. The number of aliphatic hydroxyl groups excluding tert-OH is 3. The van der Waals surface area contributed by atoms with Crippen molar-refractivity contribution in [3.8, 4) is 0 Å². The van der Waals surface area contributed by atoms with Crippen LogP contribution in [-0.4, -0.2) is 66.3 Å². The second-order valence-electron chi connectivity index (χ2n) is 6.66. The Morgan fingerprint density at radius 2 is 1.93 bits per heavy atom. The quantitative estimate of drug-likeness (QED) is 0.431. The van der Waals surface area contributed by atoms with Crippen molar-refractivity contribution in [1.82, 2.24) is 19.5 Å². The molecule has 0 aliphatic carbocycles. The van der Waals surface area contributed by atoms with Crippen LogP contribution >= 0.6 is 0 Å². The highest BCUT2D eigenvalue weighted by molar-refractivity contribution is 5.82. The second-order valence-corrected chi connectivity index (χ2v) is 6.66. The van der Waals surface area contributed by atoms with Crippen LogP contribution in [0.5, 0.6) is 0 Å². The highest BCUT2D eigenvalue weighted by atomic mass is 16.6. The van der Waals surface area contributed by atoms with Crippen LogP contribution in [0.25, 0.3) is 11.2 Å². The maximum Gasteiger partial charge on any atom is 0.272 e. The van der Waals surface area contributed by atoms with Gasteiger partial charge in [0, 0.05) is 0 Å². The molecule has 3 heterocycles. The summed E-state index contributed by atoms with van der Waals surface area (Å²) in [5.41, 5.74) is 7.69. The van der Waals surface area contributed by atoms with Crippen LogP contribution < -0.4 is 5.73 Å². The molecule has 0 saturated carbocycles. The molecule has 1 saturated heterocycles. The maximum atomic E-state index is 10.3. The Labute approximate surface area is 165 Å². The van der Waals surface area contributed by atoms with Gasteiger partial charge in [-0.2, -0.15) is 15.1 Å². The Balaban J connectivity index is 1.56. The van der Waals surface area contributed by atoms with E-state index >= 15 is 0 Å². The monoisotopic (exact) mass is 399 g/mol. The Morgan fingerprint density at radius 1 is 1.14 bits per heavy atom. The summed E-state index contributed by atoms with van der Waals surface area (Å²) >= 11 is 0. The van der Waals surface area contributed by atoms with Crippen LogP contribution in [0.1, 0.15) is 11.8 Å². The van der Waals surface area contributed by atoms with Gasteiger partial charge < -0.3 is 25.8 Å². The minimum absolute atomic E-state index is 0.0524. The van der Waals surface area contributed by atoms with E-state index in [4.69, 9.17) is 10.5 Å². The summed E-state index contributed by atoms with van der Waals surface area (Å²) in [7, 11) is 0. The van der Waals surface area contributed by atoms with Crippen LogP contribution in [0.3, 0.4) is 0 Å². The molecule has 1 aromatic carbocycles. The van der Waals surface area contributed by atoms with Gasteiger partial charge in [-0.25, -0.2) is 4.98 Å². The number of aromatic nitrogens is 4. The number of imidazole rings is 1. The summed E-state index contributed by atoms with van der Waals surface area (Å²) in [6, 6.07) is 9.89. The number of aliphatic hydroxyl groups is 3. The predicted octanol–water partition coefficient (Wildman–Crippen LogP) is 0.346.